The fourth-order valence-electron chi connectivity index (χ4n) is 6.46. The molecule has 8 rings (SSSR count). The topological polar surface area (TPSA) is 37.7 Å². The Labute approximate surface area is 259 Å². The fraction of sp³-hybridized carbons (Fsp3) is 0.0769. The van der Waals surface area contributed by atoms with E-state index in [-0.39, 0.29) is 11.0 Å². The van der Waals surface area contributed by atoms with Gasteiger partial charge >= 0.3 is 0 Å². The Morgan fingerprint density at radius 1 is 0.689 bits per heavy atom. The number of pyridine rings is 1. The molecule has 45 heavy (non-hydrogen) atoms. The van der Waals surface area contributed by atoms with Crippen molar-refractivity contribution in [3.63, 3.8) is 0 Å². The number of hydroxylamine groups is 2. The van der Waals surface area contributed by atoms with Crippen LogP contribution in [-0.4, -0.2) is 15.9 Å². The van der Waals surface area contributed by atoms with Gasteiger partial charge in [-0.2, -0.15) is 18.8 Å². The number of fused-ring (bicyclic) bond motifs is 5. The molecule has 0 saturated heterocycles. The van der Waals surface area contributed by atoms with Gasteiger partial charge in [-0.25, -0.2) is 4.99 Å². The minimum atomic E-state index is -0.828. The summed E-state index contributed by atoms with van der Waals surface area (Å²) in [6.45, 7) is 8.48. The summed E-state index contributed by atoms with van der Waals surface area (Å²) >= 11 is 0. The van der Waals surface area contributed by atoms with Crippen LogP contribution in [0, 0.1) is 11.9 Å². The highest BCUT2D eigenvalue weighted by Crippen LogP contribution is 2.50. The van der Waals surface area contributed by atoms with E-state index < -0.39 is 11.9 Å². The van der Waals surface area contributed by atoms with Crippen molar-refractivity contribution in [2.75, 3.05) is 0 Å². The summed E-state index contributed by atoms with van der Waals surface area (Å²) < 4.78 is 28.0. The smallest absolute Gasteiger partial charge is 0.223 e. The average molecular weight is 592 g/mol. The number of aliphatic imine (C=N–C) groups is 1. The third kappa shape index (κ3) is 4.41. The van der Waals surface area contributed by atoms with E-state index in [9.17, 15) is 8.78 Å². The summed E-state index contributed by atoms with van der Waals surface area (Å²) in [5, 5.41) is 1.69. The molecule has 5 aromatic rings. The maximum absolute atomic E-state index is 14.5. The Balaban J connectivity index is 1.08. The van der Waals surface area contributed by atoms with Crippen molar-refractivity contribution in [2.24, 2.45) is 4.99 Å². The molecule has 3 aliphatic rings. The lowest BCUT2D eigenvalue weighted by atomic mass is 9.81. The highest BCUT2D eigenvalue weighted by molar-refractivity contribution is 6.02. The van der Waals surface area contributed by atoms with E-state index in [1.807, 2.05) is 60.8 Å². The van der Waals surface area contributed by atoms with E-state index in [1.165, 1.54) is 17.7 Å². The van der Waals surface area contributed by atoms with Crippen LogP contribution < -0.4 is 4.84 Å². The molecule has 0 atom stereocenters. The predicted molar refractivity (Wildman–Crippen MR) is 175 cm³/mol. The lowest BCUT2D eigenvalue weighted by molar-refractivity contribution is 0.0742. The van der Waals surface area contributed by atoms with Gasteiger partial charge in [-0.05, 0) is 93.1 Å². The molecular formula is C39H27F2N3O. The van der Waals surface area contributed by atoms with E-state index in [0.29, 0.717) is 22.8 Å². The molecule has 2 aliphatic heterocycles. The monoisotopic (exact) mass is 591 g/mol. The molecule has 0 saturated carbocycles. The lowest BCUT2D eigenvalue weighted by Crippen LogP contribution is -2.29. The molecule has 4 nitrogen and oxygen atoms in total. The number of hydrogen-bond donors (Lipinski definition) is 0. The van der Waals surface area contributed by atoms with Crippen molar-refractivity contribution < 1.29 is 13.6 Å². The molecule has 4 aromatic carbocycles. The summed E-state index contributed by atoms with van der Waals surface area (Å²) in [6.07, 6.45) is 5.92. The zero-order chi connectivity index (χ0) is 30.9. The molecule has 0 unspecified atom stereocenters. The first-order valence-corrected chi connectivity index (χ1v) is 14.7. The molecule has 0 amide bonds. The number of benzene rings is 4. The SMILES string of the molecule is C=C1N=C2C=CC(c3ccc(-c4ccc5c(c4)C(C)(C)c4cc(-c6ccc(F)nc6F)ccc4-5)cc3)=CN2Oc2ccccc21. The predicted octanol–water partition coefficient (Wildman–Crippen LogP) is 9.59. The van der Waals surface area contributed by atoms with Gasteiger partial charge in [0.1, 0.15) is 0 Å². The highest BCUT2D eigenvalue weighted by Gasteiger charge is 2.36. The van der Waals surface area contributed by atoms with Gasteiger partial charge in [0.15, 0.2) is 11.6 Å². The zero-order valence-electron chi connectivity index (χ0n) is 24.7. The lowest BCUT2D eigenvalue weighted by Gasteiger charge is -2.23. The quantitative estimate of drug-likeness (QED) is 0.196. The minimum Gasteiger partial charge on any atom is -0.373 e. The van der Waals surface area contributed by atoms with Gasteiger partial charge in [0, 0.05) is 22.1 Å². The molecule has 0 fully saturated rings. The van der Waals surface area contributed by atoms with E-state index in [2.05, 4.69) is 72.9 Å². The number of nitrogens with zero attached hydrogens (tertiary/aromatic N) is 3. The van der Waals surface area contributed by atoms with Gasteiger partial charge in [-0.15, -0.1) is 0 Å². The Hall–Kier alpha value is -5.62. The van der Waals surface area contributed by atoms with Gasteiger partial charge in [-0.1, -0.05) is 81.1 Å². The van der Waals surface area contributed by atoms with Gasteiger partial charge in [-0.3, -0.25) is 0 Å². The second kappa shape index (κ2) is 9.96. The number of halogens is 2. The Kier molecular flexibility index (Phi) is 5.97. The number of amidine groups is 1. The van der Waals surface area contributed by atoms with E-state index in [1.54, 1.807) is 5.06 Å². The third-order valence-electron chi connectivity index (χ3n) is 8.89. The van der Waals surface area contributed by atoms with Crippen LogP contribution in [-0.2, 0) is 5.41 Å². The van der Waals surface area contributed by atoms with Gasteiger partial charge in [0.2, 0.25) is 11.9 Å². The standard InChI is InChI=1S/C39H27F2N3O/c1-23-29-6-4-5-7-35(29)45-44-22-28(14-19-37(44)42-23)25-10-8-24(9-11-25)26-12-15-31-32-16-13-27(30-17-18-36(40)43-38(30)41)21-34(32)39(2,3)33(31)20-26/h4-22H,1H2,2-3H3. The van der Waals surface area contributed by atoms with Crippen LogP contribution in [0.4, 0.5) is 8.78 Å². The Morgan fingerprint density at radius 2 is 1.33 bits per heavy atom. The second-order valence-corrected chi connectivity index (χ2v) is 11.9. The Morgan fingerprint density at radius 3 is 2.09 bits per heavy atom. The maximum Gasteiger partial charge on any atom is 0.223 e. The van der Waals surface area contributed by atoms with E-state index >= 15 is 0 Å². The molecule has 0 N–H and O–H groups in total. The number of aromatic nitrogens is 1. The fourth-order valence-corrected chi connectivity index (χ4v) is 6.46. The van der Waals surface area contributed by atoms with E-state index in [0.717, 1.165) is 44.5 Å². The third-order valence-corrected chi connectivity index (χ3v) is 8.89. The molecule has 3 heterocycles. The normalized spacial score (nSPS) is 15.6. The number of para-hydroxylation sites is 1. The average Bonchev–Trinajstić information content (AvgIpc) is 3.16. The van der Waals surface area contributed by atoms with Crippen LogP contribution in [0.3, 0.4) is 0 Å². The first kappa shape index (κ1) is 27.0. The zero-order valence-corrected chi connectivity index (χ0v) is 24.7. The number of hydrogen-bond acceptors (Lipinski definition) is 4. The van der Waals surface area contributed by atoms with Crippen LogP contribution in [0.5, 0.6) is 5.75 Å². The van der Waals surface area contributed by atoms with Gasteiger partial charge in [0.05, 0.1) is 11.9 Å². The van der Waals surface area contributed by atoms with Crippen molar-refractivity contribution in [1.82, 2.24) is 10.0 Å². The van der Waals surface area contributed by atoms with Crippen LogP contribution in [0.1, 0.15) is 36.1 Å². The first-order chi connectivity index (χ1) is 21.8. The molecule has 218 valence electrons. The molecule has 1 aliphatic carbocycles. The van der Waals surface area contributed by atoms with Crippen molar-refractivity contribution >= 4 is 17.1 Å². The first-order valence-electron chi connectivity index (χ1n) is 14.7. The van der Waals surface area contributed by atoms with Crippen LogP contribution in [0.15, 0.2) is 127 Å². The second-order valence-electron chi connectivity index (χ2n) is 11.9. The summed E-state index contributed by atoms with van der Waals surface area (Å²) in [7, 11) is 0. The van der Waals surface area contributed by atoms with Gasteiger partial charge in [0.25, 0.3) is 0 Å². The summed E-state index contributed by atoms with van der Waals surface area (Å²) in [5.74, 6) is -0.257. The van der Waals surface area contributed by atoms with Crippen molar-refractivity contribution in [1.29, 1.82) is 0 Å². The molecule has 1 aromatic heterocycles. The summed E-state index contributed by atoms with van der Waals surface area (Å²) in [6, 6.07) is 31.4. The molecule has 0 radical (unpaired) electrons. The van der Waals surface area contributed by atoms with Crippen LogP contribution >= 0.6 is 0 Å². The Bertz CT molecular complexity index is 2160. The van der Waals surface area contributed by atoms with E-state index in [4.69, 9.17) is 4.84 Å². The number of allylic oxidation sites excluding steroid dienone is 2. The summed E-state index contributed by atoms with van der Waals surface area (Å²) in [5.41, 5.74) is 11.1. The van der Waals surface area contributed by atoms with Gasteiger partial charge < -0.3 is 4.84 Å². The molecule has 0 bridgehead atoms. The summed E-state index contributed by atoms with van der Waals surface area (Å²) in [4.78, 5) is 14.2. The van der Waals surface area contributed by atoms with Crippen molar-refractivity contribution in [3.05, 3.63) is 156 Å². The molecular weight excluding hydrogens is 564 g/mol. The largest absolute Gasteiger partial charge is 0.373 e. The maximum atomic E-state index is 14.5. The number of rotatable bonds is 3. The molecule has 0 spiro atoms. The van der Waals surface area contributed by atoms with Crippen LogP contribution in [0.2, 0.25) is 0 Å². The van der Waals surface area contributed by atoms with Crippen molar-refractivity contribution in [2.45, 2.75) is 19.3 Å². The minimum absolute atomic E-state index is 0.288. The molecule has 6 heteroatoms. The van der Waals surface area contributed by atoms with Crippen molar-refractivity contribution in [3.8, 4) is 39.1 Å². The highest BCUT2D eigenvalue weighted by atomic mass is 19.1. The van der Waals surface area contributed by atoms with Crippen LogP contribution in [0.25, 0.3) is 44.7 Å².